The molecule has 0 aliphatic carbocycles. The summed E-state index contributed by atoms with van der Waals surface area (Å²) >= 11 is 0. The molecule has 0 atom stereocenters. The predicted molar refractivity (Wildman–Crippen MR) is 204 cm³/mol. The lowest BCUT2D eigenvalue weighted by molar-refractivity contribution is 1.19. The van der Waals surface area contributed by atoms with Gasteiger partial charge < -0.3 is 9.47 Å². The van der Waals surface area contributed by atoms with E-state index in [-0.39, 0.29) is 0 Å². The molecule has 0 saturated heterocycles. The van der Waals surface area contributed by atoms with Crippen LogP contribution in [-0.4, -0.2) is 4.57 Å². The van der Waals surface area contributed by atoms with Gasteiger partial charge in [0.15, 0.2) is 0 Å². The van der Waals surface area contributed by atoms with Gasteiger partial charge in [0.05, 0.1) is 11.0 Å². The van der Waals surface area contributed by atoms with E-state index in [1.807, 2.05) is 0 Å². The van der Waals surface area contributed by atoms with E-state index in [0.29, 0.717) is 0 Å². The SMILES string of the molecule is c1ccc(-c2cccc3c2c2c(-c4ccc(N(c5ccccc5)c5ccccc5)cc4)cc4ccccc4c2n3-c2ccccc2)cc1. The monoisotopic (exact) mass is 612 g/mol. The van der Waals surface area contributed by atoms with Crippen molar-refractivity contribution in [2.75, 3.05) is 4.90 Å². The fraction of sp³-hybridized carbons (Fsp3) is 0. The lowest BCUT2D eigenvalue weighted by Gasteiger charge is -2.25. The number of benzene rings is 8. The Kier molecular flexibility index (Phi) is 6.84. The molecular weight excluding hydrogens is 581 g/mol. The predicted octanol–water partition coefficient (Wildman–Crippen LogP) is 12.7. The van der Waals surface area contributed by atoms with E-state index in [0.717, 1.165) is 22.7 Å². The number of aromatic nitrogens is 1. The average Bonchev–Trinajstić information content (AvgIpc) is 3.52. The summed E-state index contributed by atoms with van der Waals surface area (Å²) < 4.78 is 2.46. The molecular formula is C46H32N2. The first-order valence-corrected chi connectivity index (χ1v) is 16.5. The summed E-state index contributed by atoms with van der Waals surface area (Å²) in [6.45, 7) is 0. The number of anilines is 3. The second kappa shape index (κ2) is 11.8. The van der Waals surface area contributed by atoms with Crippen molar-refractivity contribution in [2.24, 2.45) is 0 Å². The minimum absolute atomic E-state index is 1.12. The Labute approximate surface area is 280 Å². The molecule has 0 N–H and O–H groups in total. The molecule has 0 fully saturated rings. The van der Waals surface area contributed by atoms with Gasteiger partial charge in [-0.15, -0.1) is 0 Å². The van der Waals surface area contributed by atoms with E-state index < -0.39 is 0 Å². The van der Waals surface area contributed by atoms with Crippen molar-refractivity contribution in [2.45, 2.75) is 0 Å². The normalized spacial score (nSPS) is 11.3. The molecule has 0 aliphatic heterocycles. The minimum Gasteiger partial charge on any atom is -0.311 e. The highest BCUT2D eigenvalue weighted by Crippen LogP contribution is 2.46. The fourth-order valence-electron chi connectivity index (χ4n) is 7.25. The van der Waals surface area contributed by atoms with Gasteiger partial charge in [0, 0.05) is 38.9 Å². The number of fused-ring (bicyclic) bond motifs is 5. The molecule has 0 aliphatic rings. The van der Waals surface area contributed by atoms with Crippen molar-refractivity contribution < 1.29 is 0 Å². The molecule has 226 valence electrons. The Morgan fingerprint density at radius 3 is 1.58 bits per heavy atom. The third-order valence-corrected chi connectivity index (χ3v) is 9.34. The molecule has 0 radical (unpaired) electrons. The van der Waals surface area contributed by atoms with Crippen molar-refractivity contribution >= 4 is 49.6 Å². The first-order chi connectivity index (χ1) is 23.8. The van der Waals surface area contributed by atoms with Gasteiger partial charge in [-0.1, -0.05) is 133 Å². The van der Waals surface area contributed by atoms with Crippen LogP contribution in [0.25, 0.3) is 60.5 Å². The van der Waals surface area contributed by atoms with E-state index in [1.165, 1.54) is 54.8 Å². The van der Waals surface area contributed by atoms with E-state index in [2.05, 4.69) is 204 Å². The maximum absolute atomic E-state index is 2.46. The maximum Gasteiger partial charge on any atom is 0.0625 e. The molecule has 2 heteroatoms. The number of hydrogen-bond donors (Lipinski definition) is 0. The topological polar surface area (TPSA) is 8.17 Å². The van der Waals surface area contributed by atoms with Gasteiger partial charge in [-0.2, -0.15) is 0 Å². The molecule has 9 rings (SSSR count). The van der Waals surface area contributed by atoms with Crippen LogP contribution in [0.1, 0.15) is 0 Å². The summed E-state index contributed by atoms with van der Waals surface area (Å²) in [4.78, 5) is 2.31. The van der Waals surface area contributed by atoms with E-state index >= 15 is 0 Å². The molecule has 48 heavy (non-hydrogen) atoms. The number of para-hydroxylation sites is 3. The molecule has 0 amide bonds. The van der Waals surface area contributed by atoms with E-state index in [1.54, 1.807) is 0 Å². The van der Waals surface area contributed by atoms with Gasteiger partial charge in [0.1, 0.15) is 0 Å². The molecule has 1 heterocycles. The van der Waals surface area contributed by atoms with Crippen LogP contribution >= 0.6 is 0 Å². The van der Waals surface area contributed by atoms with Crippen LogP contribution in [0.2, 0.25) is 0 Å². The lowest BCUT2D eigenvalue weighted by Crippen LogP contribution is -2.09. The van der Waals surface area contributed by atoms with Gasteiger partial charge in [-0.3, -0.25) is 0 Å². The van der Waals surface area contributed by atoms with Crippen molar-refractivity contribution in [3.05, 3.63) is 194 Å². The number of hydrogen-bond acceptors (Lipinski definition) is 1. The average molecular weight is 613 g/mol. The third-order valence-electron chi connectivity index (χ3n) is 9.34. The molecule has 0 unspecified atom stereocenters. The maximum atomic E-state index is 2.46. The summed E-state index contributed by atoms with van der Waals surface area (Å²) in [6, 6.07) is 69.7. The highest BCUT2D eigenvalue weighted by molar-refractivity contribution is 6.27. The zero-order chi connectivity index (χ0) is 31.9. The van der Waals surface area contributed by atoms with Gasteiger partial charge in [-0.05, 0) is 88.3 Å². The Balaban J connectivity index is 1.35. The van der Waals surface area contributed by atoms with Gasteiger partial charge in [-0.25, -0.2) is 0 Å². The smallest absolute Gasteiger partial charge is 0.0625 e. The fourth-order valence-corrected chi connectivity index (χ4v) is 7.25. The van der Waals surface area contributed by atoms with Crippen molar-refractivity contribution in [1.29, 1.82) is 0 Å². The molecule has 0 saturated carbocycles. The Hall–Kier alpha value is -6.38. The highest BCUT2D eigenvalue weighted by Gasteiger charge is 2.22. The minimum atomic E-state index is 1.12. The van der Waals surface area contributed by atoms with Crippen LogP contribution in [-0.2, 0) is 0 Å². The highest BCUT2D eigenvalue weighted by atomic mass is 15.1. The van der Waals surface area contributed by atoms with Crippen LogP contribution in [0.4, 0.5) is 17.1 Å². The molecule has 9 aromatic rings. The summed E-state index contributed by atoms with van der Waals surface area (Å²) in [5, 5.41) is 5.00. The van der Waals surface area contributed by atoms with Crippen molar-refractivity contribution in [1.82, 2.24) is 4.57 Å². The van der Waals surface area contributed by atoms with E-state index in [4.69, 9.17) is 0 Å². The molecule has 0 spiro atoms. The zero-order valence-corrected chi connectivity index (χ0v) is 26.4. The van der Waals surface area contributed by atoms with Crippen LogP contribution in [0.15, 0.2) is 194 Å². The summed E-state index contributed by atoms with van der Waals surface area (Å²) in [5.74, 6) is 0. The molecule has 1 aromatic heterocycles. The Bertz CT molecular complexity index is 2480. The molecule has 2 nitrogen and oxygen atoms in total. The summed E-state index contributed by atoms with van der Waals surface area (Å²) in [5.41, 5.74) is 11.8. The molecule has 0 bridgehead atoms. The third kappa shape index (κ3) is 4.66. The second-order valence-electron chi connectivity index (χ2n) is 12.2. The second-order valence-corrected chi connectivity index (χ2v) is 12.2. The quantitative estimate of drug-likeness (QED) is 0.181. The van der Waals surface area contributed by atoms with Crippen LogP contribution in [0.3, 0.4) is 0 Å². The number of rotatable bonds is 6. The van der Waals surface area contributed by atoms with Gasteiger partial charge in [0.25, 0.3) is 0 Å². The first kappa shape index (κ1) is 27.9. The van der Waals surface area contributed by atoms with E-state index in [9.17, 15) is 0 Å². The molecule has 8 aromatic carbocycles. The summed E-state index contributed by atoms with van der Waals surface area (Å²) in [6.07, 6.45) is 0. The van der Waals surface area contributed by atoms with Gasteiger partial charge >= 0.3 is 0 Å². The lowest BCUT2D eigenvalue weighted by atomic mass is 9.92. The number of nitrogens with zero attached hydrogens (tertiary/aromatic N) is 2. The largest absolute Gasteiger partial charge is 0.311 e. The summed E-state index contributed by atoms with van der Waals surface area (Å²) in [7, 11) is 0. The van der Waals surface area contributed by atoms with Gasteiger partial charge in [0.2, 0.25) is 0 Å². The van der Waals surface area contributed by atoms with Crippen molar-refractivity contribution in [3.63, 3.8) is 0 Å². The van der Waals surface area contributed by atoms with Crippen molar-refractivity contribution in [3.8, 4) is 27.9 Å². The Morgan fingerprint density at radius 2 is 0.917 bits per heavy atom. The standard InChI is InChI=1S/C46H32N2/c1-5-16-33(17-6-1)40-26-15-27-43-44(40)45-42(32-35-18-13-14-25-41(35)46(45)48(43)38-23-11-4-12-24-38)34-28-30-39(31-29-34)47(36-19-7-2-8-20-36)37-21-9-3-10-22-37/h1-32H. The Morgan fingerprint density at radius 1 is 0.375 bits per heavy atom. The zero-order valence-electron chi connectivity index (χ0n) is 26.4. The van der Waals surface area contributed by atoms with Crippen LogP contribution in [0.5, 0.6) is 0 Å². The van der Waals surface area contributed by atoms with Crippen LogP contribution < -0.4 is 4.90 Å². The van der Waals surface area contributed by atoms with Crippen LogP contribution in [0, 0.1) is 0 Å². The first-order valence-electron chi connectivity index (χ1n) is 16.5.